The van der Waals surface area contributed by atoms with Crippen LogP contribution < -0.4 is 16.1 Å². The number of aromatic nitrogens is 1. The van der Waals surface area contributed by atoms with Crippen molar-refractivity contribution in [3.63, 3.8) is 0 Å². The fourth-order valence-electron chi connectivity index (χ4n) is 2.55. The molecule has 0 radical (unpaired) electrons. The molecule has 1 heterocycles. The van der Waals surface area contributed by atoms with Crippen LogP contribution in [-0.2, 0) is 11.8 Å². The highest BCUT2D eigenvalue weighted by molar-refractivity contribution is 9.10. The lowest BCUT2D eigenvalue weighted by atomic mass is 9.92. The summed E-state index contributed by atoms with van der Waals surface area (Å²) in [7, 11) is 1.69. The van der Waals surface area contributed by atoms with Gasteiger partial charge in [0.25, 0.3) is 5.56 Å². The van der Waals surface area contributed by atoms with Crippen molar-refractivity contribution in [3.8, 4) is 5.75 Å². The summed E-state index contributed by atoms with van der Waals surface area (Å²) in [5.41, 5.74) is -0.105. The van der Waals surface area contributed by atoms with E-state index in [1.807, 2.05) is 0 Å². The highest BCUT2D eigenvalue weighted by Gasteiger charge is 2.27. The predicted octanol–water partition coefficient (Wildman–Crippen LogP) is 1.98. The number of hydrogen-bond donors (Lipinski definition) is 1. The Labute approximate surface area is 144 Å². The van der Waals surface area contributed by atoms with Crippen molar-refractivity contribution in [2.24, 2.45) is 12.9 Å². The number of ether oxygens (including phenoxy) is 1. The van der Waals surface area contributed by atoms with Gasteiger partial charge in [-0.2, -0.15) is 0 Å². The number of hydrogen-bond acceptors (Lipinski definition) is 4. The number of nitrogens with two attached hydrogens (primary N) is 1. The summed E-state index contributed by atoms with van der Waals surface area (Å²) in [5.74, 6) is 6.19. The Kier molecular flexibility index (Phi) is 6.90. The zero-order valence-corrected chi connectivity index (χ0v) is 15.0. The van der Waals surface area contributed by atoms with Gasteiger partial charge in [-0.25, -0.2) is 5.84 Å². The molecule has 0 saturated heterocycles. The van der Waals surface area contributed by atoms with E-state index in [2.05, 4.69) is 15.9 Å². The molecular formula is C14H21BrClN3O3. The second-order valence-corrected chi connectivity index (χ2v) is 6.26. The van der Waals surface area contributed by atoms with Crippen LogP contribution in [0.25, 0.3) is 0 Å². The van der Waals surface area contributed by atoms with Gasteiger partial charge in [-0.05, 0) is 41.6 Å². The third kappa shape index (κ3) is 4.47. The molecule has 22 heavy (non-hydrogen) atoms. The van der Waals surface area contributed by atoms with Crippen LogP contribution in [0.4, 0.5) is 0 Å². The van der Waals surface area contributed by atoms with E-state index >= 15 is 0 Å². The predicted molar refractivity (Wildman–Crippen MR) is 90.0 cm³/mol. The molecule has 2 rings (SSSR count). The number of aryl methyl sites for hydroxylation is 1. The quantitative estimate of drug-likeness (QED) is 0.483. The molecule has 1 aromatic rings. The summed E-state index contributed by atoms with van der Waals surface area (Å²) in [6, 6.07) is 1.57. The molecule has 8 heteroatoms. The van der Waals surface area contributed by atoms with E-state index in [4.69, 9.17) is 10.6 Å². The largest absolute Gasteiger partial charge is 0.489 e. The number of amides is 1. The van der Waals surface area contributed by atoms with Crippen LogP contribution in [0, 0.1) is 0 Å². The lowest BCUT2D eigenvalue weighted by Crippen LogP contribution is -2.47. The van der Waals surface area contributed by atoms with Gasteiger partial charge in [-0.15, -0.1) is 12.4 Å². The van der Waals surface area contributed by atoms with E-state index in [0.29, 0.717) is 5.75 Å². The third-order valence-corrected chi connectivity index (χ3v) is 4.43. The van der Waals surface area contributed by atoms with Crippen LogP contribution in [0.3, 0.4) is 0 Å². The summed E-state index contributed by atoms with van der Waals surface area (Å²) in [6.45, 7) is 1.47. The van der Waals surface area contributed by atoms with Crippen LogP contribution in [0.1, 0.15) is 32.6 Å². The number of carbonyl (C=O) groups excluding carboxylic acids is 1. The number of pyridine rings is 1. The van der Waals surface area contributed by atoms with Gasteiger partial charge in [0, 0.05) is 32.3 Å². The van der Waals surface area contributed by atoms with Crippen molar-refractivity contribution in [2.45, 2.75) is 44.8 Å². The summed E-state index contributed by atoms with van der Waals surface area (Å²) in [5, 5.41) is 1.31. The maximum Gasteiger partial charge on any atom is 0.254 e. The van der Waals surface area contributed by atoms with Crippen molar-refractivity contribution >= 4 is 34.2 Å². The van der Waals surface area contributed by atoms with Gasteiger partial charge in [0.05, 0.1) is 10.6 Å². The van der Waals surface area contributed by atoms with Crippen molar-refractivity contribution in [2.75, 3.05) is 0 Å². The monoisotopic (exact) mass is 393 g/mol. The Balaban J connectivity index is 0.00000242. The van der Waals surface area contributed by atoms with Crippen LogP contribution >= 0.6 is 28.3 Å². The molecular weight excluding hydrogens is 374 g/mol. The minimum atomic E-state index is -0.117. The number of rotatable bonds is 3. The van der Waals surface area contributed by atoms with Crippen LogP contribution in [0.5, 0.6) is 5.75 Å². The Morgan fingerprint density at radius 3 is 2.55 bits per heavy atom. The van der Waals surface area contributed by atoms with Crippen LogP contribution in [0.2, 0.25) is 0 Å². The van der Waals surface area contributed by atoms with Crippen molar-refractivity contribution in [1.29, 1.82) is 0 Å². The first-order valence-electron chi connectivity index (χ1n) is 6.96. The van der Waals surface area contributed by atoms with E-state index in [9.17, 15) is 9.59 Å². The Hall–Kier alpha value is -1.05. The minimum Gasteiger partial charge on any atom is -0.489 e. The summed E-state index contributed by atoms with van der Waals surface area (Å²) >= 11 is 3.40. The highest BCUT2D eigenvalue weighted by atomic mass is 79.9. The molecule has 1 aliphatic rings. The Morgan fingerprint density at radius 1 is 1.41 bits per heavy atom. The second kappa shape index (κ2) is 7.99. The van der Waals surface area contributed by atoms with Crippen LogP contribution in [-0.4, -0.2) is 27.6 Å². The average molecular weight is 395 g/mol. The highest BCUT2D eigenvalue weighted by Crippen LogP contribution is 2.29. The number of nitrogens with zero attached hydrogens (tertiary/aromatic N) is 2. The molecule has 0 unspecified atom stereocenters. The maximum atomic E-state index is 11.7. The van der Waals surface area contributed by atoms with Gasteiger partial charge in [0.1, 0.15) is 5.75 Å². The normalized spacial score (nSPS) is 20.9. The van der Waals surface area contributed by atoms with E-state index in [1.165, 1.54) is 22.6 Å². The van der Waals surface area contributed by atoms with Gasteiger partial charge in [0.15, 0.2) is 0 Å². The lowest BCUT2D eigenvalue weighted by Gasteiger charge is -2.33. The molecule has 0 aromatic carbocycles. The fourth-order valence-corrected chi connectivity index (χ4v) is 3.06. The zero-order chi connectivity index (χ0) is 15.6. The molecule has 1 aromatic heterocycles. The summed E-state index contributed by atoms with van der Waals surface area (Å²) in [4.78, 5) is 22.9. The standard InChI is InChI=1S/C14H20BrN3O3.ClH/c1-9(19)18(16)10-3-5-11(6-4-10)21-13-7-14(20)17(2)8-12(13)15;/h7-8,10-11H,3-6,16H2,1-2H3;1H/t10-,11-;. The van der Waals surface area contributed by atoms with Gasteiger partial charge in [-0.3, -0.25) is 14.6 Å². The average Bonchev–Trinajstić information content (AvgIpc) is 2.44. The smallest absolute Gasteiger partial charge is 0.254 e. The first kappa shape index (κ1) is 19.0. The van der Waals surface area contributed by atoms with E-state index in [0.717, 1.165) is 30.2 Å². The maximum absolute atomic E-state index is 11.7. The molecule has 124 valence electrons. The molecule has 1 amide bonds. The van der Waals surface area contributed by atoms with Crippen molar-refractivity contribution in [1.82, 2.24) is 9.58 Å². The number of hydrazine groups is 1. The van der Waals surface area contributed by atoms with E-state index < -0.39 is 0 Å². The molecule has 0 aliphatic heterocycles. The molecule has 6 nitrogen and oxygen atoms in total. The molecule has 0 bridgehead atoms. The minimum absolute atomic E-state index is 0. The molecule has 1 aliphatic carbocycles. The molecule has 0 atom stereocenters. The van der Waals surface area contributed by atoms with Crippen molar-refractivity contribution in [3.05, 3.63) is 27.1 Å². The van der Waals surface area contributed by atoms with Gasteiger partial charge in [0.2, 0.25) is 5.91 Å². The van der Waals surface area contributed by atoms with Gasteiger partial charge in [-0.1, -0.05) is 0 Å². The summed E-state index contributed by atoms with van der Waals surface area (Å²) < 4.78 is 8.16. The first-order chi connectivity index (χ1) is 9.88. The summed E-state index contributed by atoms with van der Waals surface area (Å²) in [6.07, 6.45) is 4.98. The Morgan fingerprint density at radius 2 is 2.00 bits per heavy atom. The third-order valence-electron chi connectivity index (χ3n) is 3.84. The van der Waals surface area contributed by atoms with Crippen LogP contribution in [0.15, 0.2) is 21.5 Å². The lowest BCUT2D eigenvalue weighted by molar-refractivity contribution is -0.132. The molecule has 1 saturated carbocycles. The molecule has 1 fully saturated rings. The topological polar surface area (TPSA) is 77.6 Å². The van der Waals surface area contributed by atoms with E-state index in [-0.39, 0.29) is 36.0 Å². The van der Waals surface area contributed by atoms with Gasteiger partial charge >= 0.3 is 0 Å². The molecule has 0 spiro atoms. The van der Waals surface area contributed by atoms with Gasteiger partial charge < -0.3 is 9.30 Å². The Bertz CT molecular complexity index is 585. The second-order valence-electron chi connectivity index (χ2n) is 5.41. The van der Waals surface area contributed by atoms with E-state index in [1.54, 1.807) is 13.2 Å². The first-order valence-corrected chi connectivity index (χ1v) is 7.75. The SMILES string of the molecule is CC(=O)N(N)[C@H]1CC[C@H](Oc2cc(=O)n(C)cc2Br)CC1.Cl. The fraction of sp³-hybridized carbons (Fsp3) is 0.571. The molecule has 2 N–H and O–H groups in total. The zero-order valence-electron chi connectivity index (χ0n) is 12.6. The number of carbonyl (C=O) groups is 1. The number of halogens is 2. The van der Waals surface area contributed by atoms with Crippen molar-refractivity contribution < 1.29 is 9.53 Å².